The molecule has 1 aliphatic rings. The topological polar surface area (TPSA) is 114 Å². The summed E-state index contributed by atoms with van der Waals surface area (Å²) in [6.07, 6.45) is 2.45. The molecule has 0 aromatic heterocycles. The minimum Gasteiger partial charge on any atom is -0.379 e. The van der Waals surface area contributed by atoms with Gasteiger partial charge in [-0.15, -0.1) is 0 Å². The van der Waals surface area contributed by atoms with Crippen LogP contribution in [0.2, 0.25) is 0 Å². The number of ether oxygens (including phenoxy) is 2. The predicted octanol–water partition coefficient (Wildman–Crippen LogP) is 3.94. The summed E-state index contributed by atoms with van der Waals surface area (Å²) in [7, 11) is 4.90. The van der Waals surface area contributed by atoms with Crippen molar-refractivity contribution in [1.82, 2.24) is 15.1 Å². The summed E-state index contributed by atoms with van der Waals surface area (Å²) in [5.74, 6) is -0.685. The zero-order chi connectivity index (χ0) is 31.6. The first-order valence-corrected chi connectivity index (χ1v) is 15.3. The second-order valence-corrected chi connectivity index (χ2v) is 12.0. The van der Waals surface area contributed by atoms with Crippen molar-refractivity contribution >= 4 is 17.7 Å². The fourth-order valence-electron chi connectivity index (χ4n) is 5.68. The Balaban J connectivity index is 2.15. The lowest BCUT2D eigenvalue weighted by Gasteiger charge is -2.39. The molecule has 0 saturated heterocycles. The largest absolute Gasteiger partial charge is 0.379 e. The van der Waals surface area contributed by atoms with Gasteiger partial charge in [0.1, 0.15) is 6.10 Å². The highest BCUT2D eigenvalue weighted by atomic mass is 16.5. The van der Waals surface area contributed by atoms with Gasteiger partial charge in [0, 0.05) is 40.1 Å². The Morgan fingerprint density at radius 2 is 1.69 bits per heavy atom. The summed E-state index contributed by atoms with van der Waals surface area (Å²) >= 11 is 0. The quantitative estimate of drug-likeness (QED) is 0.303. The van der Waals surface area contributed by atoms with Gasteiger partial charge in [0.15, 0.2) is 0 Å². The van der Waals surface area contributed by atoms with Crippen LogP contribution in [0, 0.1) is 17.8 Å². The number of nitrogens with two attached hydrogens (primary N) is 1. The molecule has 3 amide bonds. The van der Waals surface area contributed by atoms with Crippen LogP contribution in [0.4, 0.5) is 0 Å². The Hall–Kier alpha value is -2.75. The highest BCUT2D eigenvalue weighted by Crippen LogP contribution is 2.29. The van der Waals surface area contributed by atoms with Crippen LogP contribution in [0.25, 0.3) is 0 Å². The van der Waals surface area contributed by atoms with Crippen molar-refractivity contribution < 1.29 is 23.9 Å². The van der Waals surface area contributed by atoms with E-state index >= 15 is 0 Å². The lowest BCUT2D eigenvalue weighted by Crippen LogP contribution is -2.55. The van der Waals surface area contributed by atoms with Crippen LogP contribution in [0.1, 0.15) is 72.3 Å². The maximum Gasteiger partial charge on any atom is 0.239 e. The van der Waals surface area contributed by atoms with Crippen LogP contribution in [-0.4, -0.2) is 86.2 Å². The van der Waals surface area contributed by atoms with E-state index in [0.717, 1.165) is 12.0 Å². The van der Waals surface area contributed by atoms with Crippen molar-refractivity contribution in [2.45, 2.75) is 91.0 Å². The summed E-state index contributed by atoms with van der Waals surface area (Å²) in [6, 6.07) is 9.10. The lowest BCUT2D eigenvalue weighted by atomic mass is 9.89. The average Bonchev–Trinajstić information content (AvgIpc) is 3.48. The molecule has 2 unspecified atom stereocenters. The van der Waals surface area contributed by atoms with Crippen molar-refractivity contribution in [3.05, 3.63) is 47.7 Å². The molecule has 2 rings (SSSR count). The molecule has 9 heteroatoms. The van der Waals surface area contributed by atoms with E-state index in [1.165, 1.54) is 0 Å². The SMILES string of the molecule is CC[C@H](C)[C@@H]([C@@H](CC(=O)N1CCC=C1[C@H](OC)C(C)C(=O)NCC(C)c1ccccc1)OC)N(C)C(=O)[C@@H](N)C(C)C. The molecule has 1 aliphatic heterocycles. The molecular weight excluding hydrogens is 532 g/mol. The van der Waals surface area contributed by atoms with E-state index in [1.54, 1.807) is 31.1 Å². The second-order valence-electron chi connectivity index (χ2n) is 12.0. The number of methoxy groups -OCH3 is 2. The smallest absolute Gasteiger partial charge is 0.239 e. The van der Waals surface area contributed by atoms with Crippen LogP contribution in [0.5, 0.6) is 0 Å². The molecule has 1 aromatic carbocycles. The van der Waals surface area contributed by atoms with Gasteiger partial charge in [-0.1, -0.05) is 84.4 Å². The summed E-state index contributed by atoms with van der Waals surface area (Å²) < 4.78 is 11.7. The molecule has 0 radical (unpaired) electrons. The van der Waals surface area contributed by atoms with Crippen LogP contribution in [-0.2, 0) is 23.9 Å². The van der Waals surface area contributed by atoms with Gasteiger partial charge in [-0.3, -0.25) is 14.4 Å². The Bertz CT molecular complexity index is 1050. The van der Waals surface area contributed by atoms with E-state index in [9.17, 15) is 14.4 Å². The highest BCUT2D eigenvalue weighted by Gasteiger charge is 2.39. The molecule has 3 N–H and O–H groups in total. The monoisotopic (exact) mass is 586 g/mol. The van der Waals surface area contributed by atoms with Gasteiger partial charge in [-0.2, -0.15) is 0 Å². The van der Waals surface area contributed by atoms with Gasteiger partial charge in [-0.25, -0.2) is 0 Å². The van der Waals surface area contributed by atoms with Gasteiger partial charge in [0.2, 0.25) is 17.7 Å². The standard InChI is InChI=1S/C33H54N4O5/c1-10-22(4)30(36(7)33(40)29(34)21(2)3)27(41-8)19-28(38)37-18-14-17-26(37)31(42-9)24(6)32(39)35-20-23(5)25-15-12-11-13-16-25/h11-13,15-17,21-24,27,29-31H,10,14,18-20,34H2,1-9H3,(H,35,39)/t22-,23?,24?,27+,29-,30-,31+/m0/s1. The third-order valence-electron chi connectivity index (χ3n) is 8.77. The van der Waals surface area contributed by atoms with Gasteiger partial charge < -0.3 is 30.3 Å². The molecule has 1 aromatic rings. The summed E-state index contributed by atoms with van der Waals surface area (Å²) in [4.78, 5) is 43.5. The van der Waals surface area contributed by atoms with Crippen LogP contribution in [0.3, 0.4) is 0 Å². The Kier molecular flexibility index (Phi) is 14.2. The zero-order valence-electron chi connectivity index (χ0n) is 27.1. The molecule has 236 valence electrons. The molecule has 0 bridgehead atoms. The fourth-order valence-corrected chi connectivity index (χ4v) is 5.68. The van der Waals surface area contributed by atoms with Gasteiger partial charge in [0.05, 0.1) is 30.5 Å². The lowest BCUT2D eigenvalue weighted by molar-refractivity contribution is -0.143. The average molecular weight is 587 g/mol. The summed E-state index contributed by atoms with van der Waals surface area (Å²) in [6.45, 7) is 12.9. The number of benzene rings is 1. The molecule has 0 saturated carbocycles. The van der Waals surface area contributed by atoms with E-state index in [4.69, 9.17) is 15.2 Å². The van der Waals surface area contributed by atoms with E-state index in [1.807, 2.05) is 45.0 Å². The first kappa shape index (κ1) is 35.4. The maximum absolute atomic E-state index is 13.8. The molecule has 1 heterocycles. The second kappa shape index (κ2) is 16.8. The number of nitrogens with zero attached hydrogens (tertiary/aromatic N) is 2. The number of carbonyl (C=O) groups is 3. The van der Waals surface area contributed by atoms with Crippen LogP contribution in [0.15, 0.2) is 42.1 Å². The number of carbonyl (C=O) groups excluding carboxylic acids is 3. The van der Waals surface area contributed by atoms with Crippen molar-refractivity contribution in [3.63, 3.8) is 0 Å². The molecule has 0 spiro atoms. The van der Waals surface area contributed by atoms with Crippen LogP contribution >= 0.6 is 0 Å². The third-order valence-corrected chi connectivity index (χ3v) is 8.77. The van der Waals surface area contributed by atoms with Gasteiger partial charge >= 0.3 is 0 Å². The number of hydrogen-bond acceptors (Lipinski definition) is 6. The van der Waals surface area contributed by atoms with E-state index < -0.39 is 24.2 Å². The minimum absolute atomic E-state index is 0.0100. The Labute approximate surface area is 253 Å². The maximum atomic E-state index is 13.8. The highest BCUT2D eigenvalue weighted by molar-refractivity contribution is 5.83. The van der Waals surface area contributed by atoms with Crippen molar-refractivity contribution in [2.24, 2.45) is 23.5 Å². The Morgan fingerprint density at radius 1 is 1.05 bits per heavy atom. The van der Waals surface area contributed by atoms with Crippen LogP contribution < -0.4 is 11.1 Å². The molecule has 9 nitrogen and oxygen atoms in total. The third kappa shape index (κ3) is 8.88. The minimum atomic E-state index is -0.631. The molecular formula is C33H54N4O5. The van der Waals surface area contributed by atoms with Gasteiger partial charge in [0.25, 0.3) is 0 Å². The number of rotatable bonds is 16. The van der Waals surface area contributed by atoms with Gasteiger partial charge in [-0.05, 0) is 29.7 Å². The zero-order valence-corrected chi connectivity index (χ0v) is 27.1. The fraction of sp³-hybridized carbons (Fsp3) is 0.667. The van der Waals surface area contributed by atoms with Crippen molar-refractivity contribution in [3.8, 4) is 0 Å². The number of nitrogens with one attached hydrogen (secondary N) is 1. The summed E-state index contributed by atoms with van der Waals surface area (Å²) in [5.41, 5.74) is 8.06. The normalized spacial score (nSPS) is 18.5. The van der Waals surface area contributed by atoms with Crippen molar-refractivity contribution in [2.75, 3.05) is 34.4 Å². The van der Waals surface area contributed by atoms with E-state index in [2.05, 4.69) is 38.2 Å². The molecule has 0 fully saturated rings. The van der Waals surface area contributed by atoms with E-state index in [-0.39, 0.29) is 47.9 Å². The first-order chi connectivity index (χ1) is 19.9. The van der Waals surface area contributed by atoms with Crippen molar-refractivity contribution in [1.29, 1.82) is 0 Å². The van der Waals surface area contributed by atoms with E-state index in [0.29, 0.717) is 25.2 Å². The number of hydrogen-bond donors (Lipinski definition) is 2. The number of amides is 3. The first-order valence-electron chi connectivity index (χ1n) is 15.3. The predicted molar refractivity (Wildman–Crippen MR) is 166 cm³/mol. The molecule has 42 heavy (non-hydrogen) atoms. The summed E-state index contributed by atoms with van der Waals surface area (Å²) in [5, 5.41) is 3.06. The Morgan fingerprint density at radius 3 is 2.24 bits per heavy atom. The molecule has 0 aliphatic carbocycles. The molecule has 7 atom stereocenters. The number of likely N-dealkylation sites (N-methyl/N-ethyl adjacent to an activating group) is 1.